The third kappa shape index (κ3) is 3.57. The first-order valence-electron chi connectivity index (χ1n) is 6.07. The maximum atomic E-state index is 13.7. The number of hydrogen-bond donors (Lipinski definition) is 1. The van der Waals surface area contributed by atoms with Crippen molar-refractivity contribution in [3.05, 3.63) is 63.4 Å². The smallest absolute Gasteiger partial charge is 0.165 e. The van der Waals surface area contributed by atoms with Crippen LogP contribution in [-0.2, 0) is 6.42 Å². The summed E-state index contributed by atoms with van der Waals surface area (Å²) >= 11 is 2.96. The predicted molar refractivity (Wildman–Crippen MR) is 75.7 cm³/mol. The van der Waals surface area contributed by atoms with E-state index in [1.807, 2.05) is 0 Å². The number of halogens is 4. The van der Waals surface area contributed by atoms with Gasteiger partial charge in [0.05, 0.1) is 18.8 Å². The average molecular weight is 361 g/mol. The van der Waals surface area contributed by atoms with Gasteiger partial charge in [-0.3, -0.25) is 0 Å². The Kier molecular flexibility index (Phi) is 4.90. The van der Waals surface area contributed by atoms with Gasteiger partial charge < -0.3 is 9.84 Å². The van der Waals surface area contributed by atoms with Crippen LogP contribution in [0.25, 0.3) is 0 Å². The van der Waals surface area contributed by atoms with Gasteiger partial charge in [0, 0.05) is 10.9 Å². The molecule has 0 saturated carbocycles. The summed E-state index contributed by atoms with van der Waals surface area (Å²) in [5.41, 5.74) is -0.0306. The molecule has 21 heavy (non-hydrogen) atoms. The largest absolute Gasteiger partial charge is 0.494 e. The van der Waals surface area contributed by atoms with Crippen LogP contribution in [0.5, 0.6) is 5.75 Å². The van der Waals surface area contributed by atoms with Crippen molar-refractivity contribution in [3.63, 3.8) is 0 Å². The highest BCUT2D eigenvalue weighted by atomic mass is 79.9. The lowest BCUT2D eigenvalue weighted by Gasteiger charge is -2.14. The molecule has 1 N–H and O–H groups in total. The molecule has 0 aliphatic carbocycles. The zero-order chi connectivity index (χ0) is 15.6. The van der Waals surface area contributed by atoms with E-state index in [4.69, 9.17) is 4.74 Å². The standard InChI is InChI=1S/C15H12BrF3O2/c1-21-14-3-2-8(4-10(14)17)5-13(20)15-11(18)6-9(16)7-12(15)19/h2-4,6-7,13,20H,5H2,1H3. The molecule has 0 heterocycles. The van der Waals surface area contributed by atoms with E-state index in [1.165, 1.54) is 19.2 Å². The lowest BCUT2D eigenvalue weighted by Crippen LogP contribution is -2.08. The molecule has 0 amide bonds. The first-order valence-corrected chi connectivity index (χ1v) is 6.86. The van der Waals surface area contributed by atoms with E-state index in [0.29, 0.717) is 5.56 Å². The van der Waals surface area contributed by atoms with E-state index in [9.17, 15) is 18.3 Å². The predicted octanol–water partition coefficient (Wildman–Crippen LogP) is 4.15. The summed E-state index contributed by atoms with van der Waals surface area (Å²) in [4.78, 5) is 0. The van der Waals surface area contributed by atoms with Gasteiger partial charge in [-0.1, -0.05) is 22.0 Å². The molecule has 0 fully saturated rings. The third-order valence-corrected chi connectivity index (χ3v) is 3.48. The normalized spacial score (nSPS) is 12.3. The molecule has 2 aromatic rings. The second-order valence-electron chi connectivity index (χ2n) is 4.47. The third-order valence-electron chi connectivity index (χ3n) is 3.02. The van der Waals surface area contributed by atoms with Gasteiger partial charge in [0.25, 0.3) is 0 Å². The number of ether oxygens (including phenoxy) is 1. The Hall–Kier alpha value is -1.53. The van der Waals surface area contributed by atoms with E-state index in [2.05, 4.69) is 15.9 Å². The van der Waals surface area contributed by atoms with E-state index < -0.39 is 29.1 Å². The van der Waals surface area contributed by atoms with Gasteiger partial charge in [0.15, 0.2) is 11.6 Å². The van der Waals surface area contributed by atoms with E-state index in [1.54, 1.807) is 0 Å². The van der Waals surface area contributed by atoms with Gasteiger partial charge in [-0.05, 0) is 29.8 Å². The topological polar surface area (TPSA) is 29.5 Å². The van der Waals surface area contributed by atoms with Crippen molar-refractivity contribution in [1.29, 1.82) is 0 Å². The fourth-order valence-electron chi connectivity index (χ4n) is 2.03. The van der Waals surface area contributed by atoms with Crippen molar-refractivity contribution in [2.45, 2.75) is 12.5 Å². The fraction of sp³-hybridized carbons (Fsp3) is 0.200. The Labute approximate surface area is 128 Å². The van der Waals surface area contributed by atoms with Gasteiger partial charge in [-0.2, -0.15) is 0 Å². The fourth-order valence-corrected chi connectivity index (χ4v) is 2.44. The highest BCUT2D eigenvalue weighted by Gasteiger charge is 2.20. The minimum atomic E-state index is -1.41. The molecule has 112 valence electrons. The molecule has 0 aliphatic heterocycles. The van der Waals surface area contributed by atoms with Crippen molar-refractivity contribution < 1.29 is 23.0 Å². The maximum absolute atomic E-state index is 13.7. The zero-order valence-electron chi connectivity index (χ0n) is 11.0. The Morgan fingerprint density at radius 1 is 1.10 bits per heavy atom. The van der Waals surface area contributed by atoms with Crippen LogP contribution >= 0.6 is 15.9 Å². The van der Waals surface area contributed by atoms with Crippen LogP contribution in [0.3, 0.4) is 0 Å². The number of aliphatic hydroxyl groups is 1. The van der Waals surface area contributed by atoms with Crippen molar-refractivity contribution in [2.24, 2.45) is 0 Å². The minimum absolute atomic E-state index is 0.0641. The monoisotopic (exact) mass is 360 g/mol. The second-order valence-corrected chi connectivity index (χ2v) is 5.39. The van der Waals surface area contributed by atoms with Gasteiger partial charge >= 0.3 is 0 Å². The Balaban J connectivity index is 2.26. The average Bonchev–Trinajstić information content (AvgIpc) is 2.37. The molecule has 0 bridgehead atoms. The van der Waals surface area contributed by atoms with E-state index in [-0.39, 0.29) is 16.6 Å². The molecule has 1 atom stereocenters. The van der Waals surface area contributed by atoms with Crippen LogP contribution in [0.1, 0.15) is 17.2 Å². The van der Waals surface area contributed by atoms with Crippen molar-refractivity contribution in [3.8, 4) is 5.75 Å². The van der Waals surface area contributed by atoms with E-state index in [0.717, 1.165) is 18.2 Å². The molecule has 0 aliphatic rings. The highest BCUT2D eigenvalue weighted by molar-refractivity contribution is 9.10. The van der Waals surface area contributed by atoms with Gasteiger partial charge in [-0.15, -0.1) is 0 Å². The summed E-state index contributed by atoms with van der Waals surface area (Å²) in [5.74, 6) is -2.25. The molecule has 2 aromatic carbocycles. The number of rotatable bonds is 4. The number of benzene rings is 2. The molecule has 6 heteroatoms. The first-order chi connectivity index (χ1) is 9.92. The zero-order valence-corrected chi connectivity index (χ0v) is 12.6. The Bertz CT molecular complexity index is 638. The molecule has 0 saturated heterocycles. The first kappa shape index (κ1) is 15.9. The van der Waals surface area contributed by atoms with Crippen LogP contribution < -0.4 is 4.74 Å². The number of hydrogen-bond acceptors (Lipinski definition) is 2. The minimum Gasteiger partial charge on any atom is -0.494 e. The Morgan fingerprint density at radius 2 is 1.71 bits per heavy atom. The van der Waals surface area contributed by atoms with Crippen molar-refractivity contribution in [2.75, 3.05) is 7.11 Å². The van der Waals surface area contributed by atoms with Gasteiger partial charge in [0.2, 0.25) is 0 Å². The summed E-state index contributed by atoms with van der Waals surface area (Å²) < 4.78 is 46.0. The molecule has 0 radical (unpaired) electrons. The highest BCUT2D eigenvalue weighted by Crippen LogP contribution is 2.28. The number of aliphatic hydroxyl groups excluding tert-OH is 1. The molecule has 2 nitrogen and oxygen atoms in total. The maximum Gasteiger partial charge on any atom is 0.165 e. The lowest BCUT2D eigenvalue weighted by atomic mass is 10.0. The second kappa shape index (κ2) is 6.49. The molecular formula is C15H12BrF3O2. The van der Waals surface area contributed by atoms with E-state index >= 15 is 0 Å². The summed E-state index contributed by atoms with van der Waals surface area (Å²) in [6.07, 6.45) is -1.53. The molecular weight excluding hydrogens is 349 g/mol. The van der Waals surface area contributed by atoms with Crippen molar-refractivity contribution in [1.82, 2.24) is 0 Å². The van der Waals surface area contributed by atoms with Crippen LogP contribution in [0, 0.1) is 17.5 Å². The summed E-state index contributed by atoms with van der Waals surface area (Å²) in [5, 5.41) is 9.99. The molecule has 2 rings (SSSR count). The summed E-state index contributed by atoms with van der Waals surface area (Å²) in [7, 11) is 1.33. The number of methoxy groups -OCH3 is 1. The Morgan fingerprint density at radius 3 is 2.24 bits per heavy atom. The van der Waals surface area contributed by atoms with Gasteiger partial charge in [-0.25, -0.2) is 13.2 Å². The SMILES string of the molecule is COc1ccc(CC(O)c2c(F)cc(Br)cc2F)cc1F. The summed E-state index contributed by atoms with van der Waals surface area (Å²) in [6.45, 7) is 0. The lowest BCUT2D eigenvalue weighted by molar-refractivity contribution is 0.168. The van der Waals surface area contributed by atoms with Crippen LogP contribution in [0.4, 0.5) is 13.2 Å². The molecule has 0 aromatic heterocycles. The van der Waals surface area contributed by atoms with Crippen LogP contribution in [0.15, 0.2) is 34.8 Å². The van der Waals surface area contributed by atoms with Crippen LogP contribution in [-0.4, -0.2) is 12.2 Å². The van der Waals surface area contributed by atoms with Crippen LogP contribution in [0.2, 0.25) is 0 Å². The molecule has 1 unspecified atom stereocenters. The molecule has 0 spiro atoms. The summed E-state index contributed by atoms with van der Waals surface area (Å²) in [6, 6.07) is 6.22. The quantitative estimate of drug-likeness (QED) is 0.887. The van der Waals surface area contributed by atoms with Crippen molar-refractivity contribution >= 4 is 15.9 Å². The van der Waals surface area contributed by atoms with Gasteiger partial charge in [0.1, 0.15) is 11.6 Å².